The smallest absolute Gasteiger partial charge is 0.255 e. The maximum atomic E-state index is 13.3. The van der Waals surface area contributed by atoms with Gasteiger partial charge in [-0.15, -0.1) is 0 Å². The zero-order valence-corrected chi connectivity index (χ0v) is 21.9. The van der Waals surface area contributed by atoms with E-state index < -0.39 is 0 Å². The highest BCUT2D eigenvalue weighted by Crippen LogP contribution is 2.34. The number of phenolic OH excluding ortho intramolecular Hbond substituents is 1. The molecule has 1 aromatic carbocycles. The van der Waals surface area contributed by atoms with Crippen LogP contribution in [0.5, 0.6) is 11.5 Å². The minimum atomic E-state index is -0.319. The van der Waals surface area contributed by atoms with Crippen molar-refractivity contribution in [1.29, 1.82) is 0 Å². The molecule has 0 unspecified atom stereocenters. The van der Waals surface area contributed by atoms with E-state index in [0.29, 0.717) is 17.7 Å². The van der Waals surface area contributed by atoms with Gasteiger partial charge in [-0.05, 0) is 44.2 Å². The van der Waals surface area contributed by atoms with Crippen molar-refractivity contribution in [2.45, 2.75) is 72.0 Å². The minimum absolute atomic E-state index is 0.0853. The molecule has 9 nitrogen and oxygen atoms in total. The van der Waals surface area contributed by atoms with E-state index in [2.05, 4.69) is 22.7 Å². The number of hydrogen-bond donors (Lipinski definition) is 3. The Morgan fingerprint density at radius 3 is 2.67 bits per heavy atom. The number of aryl methyl sites for hydroxylation is 2. The number of nitrogens with one attached hydrogen (secondary N) is 2. The Bertz CT molecular complexity index is 1230. The van der Waals surface area contributed by atoms with Gasteiger partial charge >= 0.3 is 0 Å². The van der Waals surface area contributed by atoms with Crippen LogP contribution < -0.4 is 15.4 Å². The van der Waals surface area contributed by atoms with Crippen LogP contribution in [0.1, 0.15) is 73.6 Å². The normalized spacial score (nSPS) is 14.4. The lowest BCUT2D eigenvalue weighted by atomic mass is 9.99. The Labute approximate surface area is 212 Å². The van der Waals surface area contributed by atoms with E-state index in [4.69, 9.17) is 14.5 Å². The van der Waals surface area contributed by atoms with Gasteiger partial charge < -0.3 is 25.2 Å². The molecule has 1 amide bonds. The Morgan fingerprint density at radius 2 is 2.03 bits per heavy atom. The summed E-state index contributed by atoms with van der Waals surface area (Å²) in [6.45, 7) is 10.5. The topological polar surface area (TPSA) is 111 Å². The summed E-state index contributed by atoms with van der Waals surface area (Å²) in [6, 6.07) is 3.49. The van der Waals surface area contributed by atoms with Crippen LogP contribution in [0.2, 0.25) is 0 Å². The molecule has 1 aliphatic heterocycles. The number of fused-ring (bicyclic) bond motifs is 1. The summed E-state index contributed by atoms with van der Waals surface area (Å²) in [7, 11) is 1.53. The maximum absolute atomic E-state index is 13.3. The number of benzene rings is 1. The van der Waals surface area contributed by atoms with Gasteiger partial charge in [0.1, 0.15) is 11.5 Å². The summed E-state index contributed by atoms with van der Waals surface area (Å²) in [5.74, 6) is 0.301. The lowest BCUT2D eigenvalue weighted by molar-refractivity contribution is 0.0904. The molecule has 2 aromatic heterocycles. The summed E-state index contributed by atoms with van der Waals surface area (Å²) in [5.41, 5.74) is 4.70. The second-order valence-corrected chi connectivity index (χ2v) is 9.44. The molecular formula is C27H37N5O4. The van der Waals surface area contributed by atoms with Crippen molar-refractivity contribution in [2.75, 3.05) is 25.6 Å². The second kappa shape index (κ2) is 11.2. The van der Waals surface area contributed by atoms with Gasteiger partial charge in [-0.25, -0.2) is 9.67 Å². The van der Waals surface area contributed by atoms with Gasteiger partial charge in [0.25, 0.3) is 5.91 Å². The molecule has 0 aliphatic carbocycles. The lowest BCUT2D eigenvalue weighted by Crippen LogP contribution is -2.30. The summed E-state index contributed by atoms with van der Waals surface area (Å²) in [6.07, 6.45) is 4.39. The molecule has 4 rings (SSSR count). The molecule has 1 aliphatic rings. The molecule has 0 radical (unpaired) electrons. The third-order valence-electron chi connectivity index (χ3n) is 6.82. The van der Waals surface area contributed by atoms with Crippen LogP contribution in [0, 0.1) is 0 Å². The van der Waals surface area contributed by atoms with Gasteiger partial charge in [-0.1, -0.05) is 20.8 Å². The molecule has 194 valence electrons. The standard InChI is InChI=1S/C27H37N5O4/c1-6-22-20(14-28-27(34)19-12-23(33)18(16(3)4)13-24(19)35-5)25(30-17-8-10-36-11-9-17)21-15-29-32(7-2)26(21)31-22/h12-13,15-17,33H,6-11,14H2,1-5H3,(H,28,34)(H,30,31). The number of hydrogen-bond acceptors (Lipinski definition) is 7. The number of ether oxygens (including phenoxy) is 2. The largest absolute Gasteiger partial charge is 0.508 e. The molecule has 1 fully saturated rings. The van der Waals surface area contributed by atoms with Gasteiger partial charge in [0.05, 0.1) is 29.9 Å². The summed E-state index contributed by atoms with van der Waals surface area (Å²) in [5, 5.41) is 22.8. The number of rotatable bonds is 9. The highest BCUT2D eigenvalue weighted by Gasteiger charge is 2.23. The van der Waals surface area contributed by atoms with E-state index >= 15 is 0 Å². The van der Waals surface area contributed by atoms with Crippen molar-refractivity contribution >= 4 is 22.6 Å². The van der Waals surface area contributed by atoms with Gasteiger partial charge in [0.15, 0.2) is 5.65 Å². The van der Waals surface area contributed by atoms with Crippen molar-refractivity contribution < 1.29 is 19.4 Å². The van der Waals surface area contributed by atoms with E-state index in [1.807, 2.05) is 31.6 Å². The third kappa shape index (κ3) is 5.11. The Balaban J connectivity index is 1.69. The van der Waals surface area contributed by atoms with Crippen LogP contribution in [0.15, 0.2) is 18.3 Å². The molecule has 3 heterocycles. The van der Waals surface area contributed by atoms with Crippen LogP contribution in [0.4, 0.5) is 5.69 Å². The fraction of sp³-hybridized carbons (Fsp3) is 0.519. The lowest BCUT2D eigenvalue weighted by Gasteiger charge is -2.26. The van der Waals surface area contributed by atoms with Crippen molar-refractivity contribution in [2.24, 2.45) is 0 Å². The van der Waals surface area contributed by atoms with Crippen molar-refractivity contribution in [3.8, 4) is 11.5 Å². The molecule has 9 heteroatoms. The molecule has 0 spiro atoms. The first kappa shape index (κ1) is 25.8. The zero-order chi connectivity index (χ0) is 25.8. The van der Waals surface area contributed by atoms with E-state index in [9.17, 15) is 9.90 Å². The van der Waals surface area contributed by atoms with Crippen LogP contribution in [0.25, 0.3) is 11.0 Å². The fourth-order valence-corrected chi connectivity index (χ4v) is 4.76. The number of aromatic hydroxyl groups is 1. The predicted molar refractivity (Wildman–Crippen MR) is 140 cm³/mol. The summed E-state index contributed by atoms with van der Waals surface area (Å²) >= 11 is 0. The molecule has 0 atom stereocenters. The second-order valence-electron chi connectivity index (χ2n) is 9.44. The van der Waals surface area contributed by atoms with Crippen LogP contribution in [-0.2, 0) is 24.2 Å². The molecule has 0 bridgehead atoms. The fourth-order valence-electron chi connectivity index (χ4n) is 4.76. The maximum Gasteiger partial charge on any atom is 0.255 e. The predicted octanol–water partition coefficient (Wildman–Crippen LogP) is 4.37. The van der Waals surface area contributed by atoms with Gasteiger partial charge in [0, 0.05) is 49.2 Å². The number of phenols is 1. The molecule has 36 heavy (non-hydrogen) atoms. The molecular weight excluding hydrogens is 458 g/mol. The Hall–Kier alpha value is -3.33. The van der Waals surface area contributed by atoms with E-state index in [1.54, 1.807) is 6.07 Å². The monoisotopic (exact) mass is 495 g/mol. The van der Waals surface area contributed by atoms with E-state index in [0.717, 1.165) is 66.1 Å². The first-order valence-electron chi connectivity index (χ1n) is 12.8. The van der Waals surface area contributed by atoms with Crippen molar-refractivity contribution in [3.63, 3.8) is 0 Å². The van der Waals surface area contributed by atoms with Gasteiger partial charge in [0.2, 0.25) is 0 Å². The molecule has 1 saturated heterocycles. The first-order chi connectivity index (χ1) is 17.4. The number of nitrogens with zero attached hydrogens (tertiary/aromatic N) is 3. The van der Waals surface area contributed by atoms with Crippen LogP contribution >= 0.6 is 0 Å². The molecule has 3 N–H and O–H groups in total. The minimum Gasteiger partial charge on any atom is -0.508 e. The highest BCUT2D eigenvalue weighted by molar-refractivity contribution is 5.98. The number of carbonyl (C=O) groups excluding carboxylic acids is 1. The number of pyridine rings is 1. The SMILES string of the molecule is CCc1nc2c(cnn2CC)c(NC2CCOCC2)c1CNC(=O)c1cc(O)c(C(C)C)cc1OC. The van der Waals surface area contributed by atoms with Crippen LogP contribution in [-0.4, -0.2) is 52.1 Å². The quantitative estimate of drug-likeness (QED) is 0.404. The number of aromatic nitrogens is 3. The Kier molecular flexibility index (Phi) is 7.98. The zero-order valence-electron chi connectivity index (χ0n) is 21.9. The number of carbonyl (C=O) groups is 1. The van der Waals surface area contributed by atoms with Crippen molar-refractivity contribution in [1.82, 2.24) is 20.1 Å². The highest BCUT2D eigenvalue weighted by atomic mass is 16.5. The van der Waals surface area contributed by atoms with Gasteiger partial charge in [-0.2, -0.15) is 5.10 Å². The number of amides is 1. The van der Waals surface area contributed by atoms with E-state index in [-0.39, 0.29) is 30.2 Å². The summed E-state index contributed by atoms with van der Waals surface area (Å²) in [4.78, 5) is 18.2. The first-order valence-corrected chi connectivity index (χ1v) is 12.8. The summed E-state index contributed by atoms with van der Waals surface area (Å²) < 4.78 is 12.9. The number of anilines is 1. The van der Waals surface area contributed by atoms with Crippen molar-refractivity contribution in [3.05, 3.63) is 40.7 Å². The van der Waals surface area contributed by atoms with Crippen LogP contribution in [0.3, 0.4) is 0 Å². The average Bonchev–Trinajstić information content (AvgIpc) is 3.30. The molecule has 3 aromatic rings. The Morgan fingerprint density at radius 1 is 1.28 bits per heavy atom. The average molecular weight is 496 g/mol. The third-order valence-corrected chi connectivity index (χ3v) is 6.82. The number of methoxy groups -OCH3 is 1. The molecule has 0 saturated carbocycles. The van der Waals surface area contributed by atoms with E-state index in [1.165, 1.54) is 13.2 Å². The van der Waals surface area contributed by atoms with Gasteiger partial charge in [-0.3, -0.25) is 4.79 Å².